The van der Waals surface area contributed by atoms with E-state index in [0.29, 0.717) is 5.88 Å². The van der Waals surface area contributed by atoms with Gasteiger partial charge in [-0.2, -0.15) is 0 Å². The van der Waals surface area contributed by atoms with E-state index in [4.69, 9.17) is 11.6 Å². The van der Waals surface area contributed by atoms with Gasteiger partial charge in [0, 0.05) is 25.0 Å². The number of benzene rings is 1. The van der Waals surface area contributed by atoms with Crippen molar-refractivity contribution in [3.63, 3.8) is 0 Å². The molecule has 1 aromatic rings. The first-order chi connectivity index (χ1) is 9.65. The standard InChI is InChI=1S/C15H21ClN2O2/c1-2-3-12-6-8-17(9-7-12)14-5-4-13(11-16)10-15(14)18(19)20/h4-5,10,12H,2-3,6-9,11H2,1H3. The van der Waals surface area contributed by atoms with Crippen LogP contribution in [0, 0.1) is 16.0 Å². The van der Waals surface area contributed by atoms with E-state index < -0.39 is 0 Å². The highest BCUT2D eigenvalue weighted by atomic mass is 35.5. The monoisotopic (exact) mass is 296 g/mol. The summed E-state index contributed by atoms with van der Waals surface area (Å²) >= 11 is 5.76. The molecule has 0 radical (unpaired) electrons. The normalized spacial score (nSPS) is 16.4. The molecule has 1 saturated heterocycles. The van der Waals surface area contributed by atoms with Gasteiger partial charge in [0.15, 0.2) is 0 Å². The molecule has 0 aliphatic carbocycles. The fraction of sp³-hybridized carbons (Fsp3) is 0.600. The van der Waals surface area contributed by atoms with Gasteiger partial charge in [0.1, 0.15) is 5.69 Å². The lowest BCUT2D eigenvalue weighted by Crippen LogP contribution is -2.34. The number of rotatable bonds is 5. The summed E-state index contributed by atoms with van der Waals surface area (Å²) in [5, 5.41) is 11.2. The van der Waals surface area contributed by atoms with Crippen LogP contribution in [0.2, 0.25) is 0 Å². The molecule has 0 amide bonds. The molecule has 4 nitrogen and oxygen atoms in total. The van der Waals surface area contributed by atoms with E-state index in [0.717, 1.165) is 43.1 Å². The zero-order valence-corrected chi connectivity index (χ0v) is 12.6. The number of nitrogens with zero attached hydrogens (tertiary/aromatic N) is 2. The van der Waals surface area contributed by atoms with Gasteiger partial charge in [0.05, 0.1) is 4.92 Å². The lowest BCUT2D eigenvalue weighted by Gasteiger charge is -2.33. The Morgan fingerprint density at radius 2 is 2.10 bits per heavy atom. The number of piperidine rings is 1. The van der Waals surface area contributed by atoms with Gasteiger partial charge in [-0.25, -0.2) is 0 Å². The van der Waals surface area contributed by atoms with E-state index in [2.05, 4.69) is 11.8 Å². The van der Waals surface area contributed by atoms with Crippen molar-refractivity contribution in [2.75, 3.05) is 18.0 Å². The Balaban J connectivity index is 2.15. The maximum absolute atomic E-state index is 11.2. The predicted molar refractivity (Wildman–Crippen MR) is 82.5 cm³/mol. The molecule has 5 heteroatoms. The second-order valence-corrected chi connectivity index (χ2v) is 5.70. The van der Waals surface area contributed by atoms with E-state index in [1.165, 1.54) is 12.8 Å². The zero-order chi connectivity index (χ0) is 14.5. The largest absolute Gasteiger partial charge is 0.366 e. The number of halogens is 1. The van der Waals surface area contributed by atoms with Crippen LogP contribution in [0.5, 0.6) is 0 Å². The van der Waals surface area contributed by atoms with Crippen molar-refractivity contribution in [1.29, 1.82) is 0 Å². The minimum absolute atomic E-state index is 0.178. The number of hydrogen-bond donors (Lipinski definition) is 0. The van der Waals surface area contributed by atoms with Gasteiger partial charge in [-0.05, 0) is 30.4 Å². The van der Waals surface area contributed by atoms with Crippen LogP contribution in [0.15, 0.2) is 18.2 Å². The third-order valence-electron chi connectivity index (χ3n) is 4.04. The first kappa shape index (κ1) is 15.1. The van der Waals surface area contributed by atoms with Crippen molar-refractivity contribution in [2.24, 2.45) is 5.92 Å². The molecule has 110 valence electrons. The van der Waals surface area contributed by atoms with Crippen molar-refractivity contribution < 1.29 is 4.92 Å². The molecule has 2 rings (SSSR count). The van der Waals surface area contributed by atoms with Crippen molar-refractivity contribution in [2.45, 2.75) is 38.5 Å². The summed E-state index contributed by atoms with van der Waals surface area (Å²) in [5.41, 5.74) is 1.71. The Kier molecular flexibility index (Phi) is 5.24. The van der Waals surface area contributed by atoms with Gasteiger partial charge < -0.3 is 4.90 Å². The van der Waals surface area contributed by atoms with Crippen LogP contribution in [-0.2, 0) is 5.88 Å². The van der Waals surface area contributed by atoms with Gasteiger partial charge in [-0.1, -0.05) is 25.8 Å². The molecule has 1 heterocycles. The van der Waals surface area contributed by atoms with Crippen molar-refractivity contribution >= 4 is 23.0 Å². The SMILES string of the molecule is CCCC1CCN(c2ccc(CCl)cc2[N+](=O)[O-])CC1. The third-order valence-corrected chi connectivity index (χ3v) is 4.35. The Bertz CT molecular complexity index is 471. The molecular formula is C15H21ClN2O2. The number of hydrogen-bond acceptors (Lipinski definition) is 3. The van der Waals surface area contributed by atoms with E-state index in [1.807, 2.05) is 12.1 Å². The van der Waals surface area contributed by atoms with Gasteiger partial charge in [0.2, 0.25) is 0 Å². The maximum atomic E-state index is 11.2. The van der Waals surface area contributed by atoms with Crippen LogP contribution in [0.1, 0.15) is 38.2 Å². The molecule has 20 heavy (non-hydrogen) atoms. The topological polar surface area (TPSA) is 46.4 Å². The first-order valence-corrected chi connectivity index (χ1v) is 7.77. The van der Waals surface area contributed by atoms with E-state index in [1.54, 1.807) is 6.07 Å². The molecule has 0 spiro atoms. The lowest BCUT2D eigenvalue weighted by molar-refractivity contribution is -0.384. The van der Waals surface area contributed by atoms with Gasteiger partial charge in [0.25, 0.3) is 5.69 Å². The average molecular weight is 297 g/mol. The van der Waals surface area contributed by atoms with E-state index in [9.17, 15) is 10.1 Å². The highest BCUT2D eigenvalue weighted by molar-refractivity contribution is 6.17. The minimum Gasteiger partial charge on any atom is -0.366 e. The zero-order valence-electron chi connectivity index (χ0n) is 11.8. The summed E-state index contributed by atoms with van der Waals surface area (Å²) in [4.78, 5) is 13.1. The summed E-state index contributed by atoms with van der Waals surface area (Å²) in [6, 6.07) is 5.32. The quantitative estimate of drug-likeness (QED) is 0.461. The van der Waals surface area contributed by atoms with Gasteiger partial charge in [-0.15, -0.1) is 11.6 Å². The summed E-state index contributed by atoms with van der Waals surface area (Å²) in [6.07, 6.45) is 4.74. The Morgan fingerprint density at radius 3 is 2.65 bits per heavy atom. The molecule has 1 aromatic carbocycles. The summed E-state index contributed by atoms with van der Waals surface area (Å²) in [7, 11) is 0. The average Bonchev–Trinajstić information content (AvgIpc) is 2.48. The fourth-order valence-corrected chi connectivity index (χ4v) is 3.10. The molecule has 1 aliphatic heterocycles. The summed E-state index contributed by atoms with van der Waals surface area (Å²) in [5.74, 6) is 1.08. The molecule has 1 aliphatic rings. The van der Waals surface area contributed by atoms with Crippen molar-refractivity contribution in [3.8, 4) is 0 Å². The van der Waals surface area contributed by atoms with Crippen LogP contribution < -0.4 is 4.90 Å². The highest BCUT2D eigenvalue weighted by Crippen LogP contribution is 2.33. The Hall–Kier alpha value is -1.29. The molecular weight excluding hydrogens is 276 g/mol. The molecule has 0 unspecified atom stereocenters. The highest BCUT2D eigenvalue weighted by Gasteiger charge is 2.24. The van der Waals surface area contributed by atoms with Gasteiger partial charge >= 0.3 is 0 Å². The molecule has 0 aromatic heterocycles. The van der Waals surface area contributed by atoms with Crippen molar-refractivity contribution in [3.05, 3.63) is 33.9 Å². The molecule has 0 saturated carbocycles. The maximum Gasteiger partial charge on any atom is 0.292 e. The van der Waals surface area contributed by atoms with Crippen LogP contribution >= 0.6 is 11.6 Å². The predicted octanol–water partition coefficient (Wildman–Crippen LogP) is 4.35. The lowest BCUT2D eigenvalue weighted by atomic mass is 9.92. The molecule has 0 bridgehead atoms. The Labute approximate surface area is 124 Å². The minimum atomic E-state index is -0.302. The second-order valence-electron chi connectivity index (χ2n) is 5.43. The molecule has 0 atom stereocenters. The number of nitro groups is 1. The second kappa shape index (κ2) is 6.93. The number of alkyl halides is 1. The van der Waals surface area contributed by atoms with Crippen molar-refractivity contribution in [1.82, 2.24) is 0 Å². The number of nitro benzene ring substituents is 1. The smallest absolute Gasteiger partial charge is 0.292 e. The summed E-state index contributed by atoms with van der Waals surface area (Å²) in [6.45, 7) is 4.03. The van der Waals surface area contributed by atoms with Gasteiger partial charge in [-0.3, -0.25) is 10.1 Å². The third kappa shape index (κ3) is 3.42. The number of anilines is 1. The molecule has 0 N–H and O–H groups in total. The van der Waals surface area contributed by atoms with E-state index in [-0.39, 0.29) is 10.6 Å². The van der Waals surface area contributed by atoms with Crippen LogP contribution in [0.3, 0.4) is 0 Å². The van der Waals surface area contributed by atoms with Crippen LogP contribution in [-0.4, -0.2) is 18.0 Å². The van der Waals surface area contributed by atoms with E-state index >= 15 is 0 Å². The van der Waals surface area contributed by atoms with Crippen LogP contribution in [0.25, 0.3) is 0 Å². The Morgan fingerprint density at radius 1 is 1.40 bits per heavy atom. The molecule has 1 fully saturated rings. The van der Waals surface area contributed by atoms with Crippen LogP contribution in [0.4, 0.5) is 11.4 Å². The summed E-state index contributed by atoms with van der Waals surface area (Å²) < 4.78 is 0. The fourth-order valence-electron chi connectivity index (χ4n) is 2.94. The first-order valence-electron chi connectivity index (χ1n) is 7.24.